The van der Waals surface area contributed by atoms with Gasteiger partial charge in [-0.1, -0.05) is 43.7 Å². The van der Waals surface area contributed by atoms with Gasteiger partial charge in [0, 0.05) is 6.54 Å². The molecule has 1 aliphatic heterocycles. The van der Waals surface area contributed by atoms with Gasteiger partial charge in [0.15, 0.2) is 5.82 Å². The molecule has 1 N–H and O–H groups in total. The van der Waals surface area contributed by atoms with Gasteiger partial charge in [0.05, 0.1) is 12.6 Å². The van der Waals surface area contributed by atoms with Crippen LogP contribution in [-0.2, 0) is 13.1 Å². The molecule has 6 heteroatoms. The van der Waals surface area contributed by atoms with Crippen molar-refractivity contribution in [1.29, 1.82) is 0 Å². The number of piperidine rings is 1. The summed E-state index contributed by atoms with van der Waals surface area (Å²) in [7, 11) is 0. The van der Waals surface area contributed by atoms with Gasteiger partial charge < -0.3 is 5.11 Å². The minimum Gasteiger partial charge on any atom is -0.388 e. The first-order chi connectivity index (χ1) is 11.8. The summed E-state index contributed by atoms with van der Waals surface area (Å²) < 4.78 is 1.93. The maximum atomic E-state index is 10.6. The molecular weight excluding hydrogens is 302 g/mol. The van der Waals surface area contributed by atoms with Crippen molar-refractivity contribution >= 4 is 0 Å². The first-order valence-electron chi connectivity index (χ1n) is 8.98. The molecule has 24 heavy (non-hydrogen) atoms. The van der Waals surface area contributed by atoms with Gasteiger partial charge in [-0.2, -0.15) is 0 Å². The summed E-state index contributed by atoms with van der Waals surface area (Å²) in [6.45, 7) is 5.82. The summed E-state index contributed by atoms with van der Waals surface area (Å²) in [5.41, 5.74) is 1.03. The third-order valence-electron chi connectivity index (χ3n) is 4.91. The Kier molecular flexibility index (Phi) is 5.93. The lowest BCUT2D eigenvalue weighted by atomic mass is 9.87. The summed E-state index contributed by atoms with van der Waals surface area (Å²) in [4.78, 5) is 2.39. The van der Waals surface area contributed by atoms with E-state index >= 15 is 0 Å². The van der Waals surface area contributed by atoms with Gasteiger partial charge in [0.25, 0.3) is 0 Å². The molecule has 130 valence electrons. The largest absolute Gasteiger partial charge is 0.388 e. The van der Waals surface area contributed by atoms with Gasteiger partial charge in [-0.05, 0) is 54.3 Å². The number of aliphatic hydroxyl groups excluding tert-OH is 1. The van der Waals surface area contributed by atoms with Crippen LogP contribution >= 0.6 is 0 Å². The number of likely N-dealkylation sites (tertiary alicyclic amines) is 1. The van der Waals surface area contributed by atoms with Crippen molar-refractivity contribution in [3.63, 3.8) is 0 Å². The second-order valence-electron chi connectivity index (χ2n) is 6.64. The number of aliphatic hydroxyl groups is 1. The Labute approximate surface area is 143 Å². The Hall–Kier alpha value is -1.79. The Balaban J connectivity index is 1.51. The van der Waals surface area contributed by atoms with Crippen molar-refractivity contribution in [1.82, 2.24) is 25.1 Å². The normalized spacial score (nSPS) is 17.9. The highest BCUT2D eigenvalue weighted by atomic mass is 16.3. The monoisotopic (exact) mass is 329 g/mol. The van der Waals surface area contributed by atoms with Crippen molar-refractivity contribution in [2.75, 3.05) is 13.1 Å². The van der Waals surface area contributed by atoms with Crippen LogP contribution in [0.4, 0.5) is 0 Å². The highest BCUT2D eigenvalue weighted by Gasteiger charge is 2.26. The van der Waals surface area contributed by atoms with Crippen LogP contribution in [0.15, 0.2) is 30.3 Å². The fourth-order valence-electron chi connectivity index (χ4n) is 3.37. The summed E-state index contributed by atoms with van der Waals surface area (Å²) in [6, 6.07) is 9.99. The number of tetrazole rings is 1. The zero-order chi connectivity index (χ0) is 16.8. The van der Waals surface area contributed by atoms with Gasteiger partial charge in [-0.3, -0.25) is 4.90 Å². The van der Waals surface area contributed by atoms with E-state index in [4.69, 9.17) is 0 Å². The number of aryl methyl sites for hydroxylation is 1. The Morgan fingerprint density at radius 3 is 2.67 bits per heavy atom. The molecule has 1 aliphatic rings. The highest BCUT2D eigenvalue weighted by Crippen LogP contribution is 2.30. The van der Waals surface area contributed by atoms with Crippen molar-refractivity contribution in [3.05, 3.63) is 41.7 Å². The van der Waals surface area contributed by atoms with Crippen molar-refractivity contribution < 1.29 is 5.11 Å². The van der Waals surface area contributed by atoms with Crippen LogP contribution in [0.2, 0.25) is 0 Å². The van der Waals surface area contributed by atoms with Crippen molar-refractivity contribution in [2.24, 2.45) is 5.92 Å². The zero-order valence-electron chi connectivity index (χ0n) is 14.4. The minimum atomic E-state index is -0.358. The van der Waals surface area contributed by atoms with Gasteiger partial charge in [0.1, 0.15) is 0 Å². The Bertz CT molecular complexity index is 607. The molecule has 0 amide bonds. The molecule has 1 fully saturated rings. The Morgan fingerprint density at radius 1 is 1.21 bits per heavy atom. The lowest BCUT2D eigenvalue weighted by Gasteiger charge is -2.34. The maximum absolute atomic E-state index is 10.6. The van der Waals surface area contributed by atoms with E-state index < -0.39 is 0 Å². The molecule has 3 rings (SSSR count). The summed E-state index contributed by atoms with van der Waals surface area (Å²) in [6.07, 6.45) is 3.90. The van der Waals surface area contributed by atoms with E-state index in [1.165, 1.54) is 0 Å². The molecule has 0 radical (unpaired) electrons. The van der Waals surface area contributed by atoms with E-state index in [9.17, 15) is 5.11 Å². The standard InChI is InChI=1S/C18H27N5O/c1-2-3-11-23-17(19-20-21-23)14-22-12-9-16(10-13-22)18(24)15-7-5-4-6-8-15/h4-8,16,18,24H,2-3,9-14H2,1H3. The van der Waals surface area contributed by atoms with Crippen molar-refractivity contribution in [3.8, 4) is 0 Å². The molecule has 2 aromatic rings. The molecule has 1 unspecified atom stereocenters. The first-order valence-corrected chi connectivity index (χ1v) is 8.98. The van der Waals surface area contributed by atoms with Crippen LogP contribution in [0.3, 0.4) is 0 Å². The van der Waals surface area contributed by atoms with E-state index in [-0.39, 0.29) is 6.10 Å². The fraction of sp³-hybridized carbons (Fsp3) is 0.611. The molecule has 1 atom stereocenters. The second kappa shape index (κ2) is 8.35. The number of hydrogen-bond acceptors (Lipinski definition) is 5. The molecule has 0 spiro atoms. The maximum Gasteiger partial charge on any atom is 0.165 e. The number of hydrogen-bond donors (Lipinski definition) is 1. The minimum absolute atomic E-state index is 0.333. The molecule has 1 aromatic carbocycles. The lowest BCUT2D eigenvalue weighted by molar-refractivity contribution is 0.0556. The summed E-state index contributed by atoms with van der Waals surface area (Å²) >= 11 is 0. The number of rotatable bonds is 7. The van der Waals surface area contributed by atoms with E-state index in [0.717, 1.165) is 63.3 Å². The van der Waals surface area contributed by atoms with Crippen LogP contribution in [0.5, 0.6) is 0 Å². The molecular formula is C18H27N5O. The van der Waals surface area contributed by atoms with Gasteiger partial charge >= 0.3 is 0 Å². The summed E-state index contributed by atoms with van der Waals surface area (Å²) in [5, 5.41) is 22.7. The number of unbranched alkanes of at least 4 members (excludes halogenated alkanes) is 1. The average Bonchev–Trinajstić information content (AvgIpc) is 3.07. The van der Waals surface area contributed by atoms with E-state index in [0.29, 0.717) is 5.92 Å². The van der Waals surface area contributed by atoms with Crippen LogP contribution < -0.4 is 0 Å². The third-order valence-corrected chi connectivity index (χ3v) is 4.91. The molecule has 0 saturated carbocycles. The van der Waals surface area contributed by atoms with E-state index in [1.54, 1.807) is 0 Å². The predicted octanol–water partition coefficient (Wildman–Crippen LogP) is 2.42. The van der Waals surface area contributed by atoms with E-state index in [2.05, 4.69) is 27.3 Å². The molecule has 0 bridgehead atoms. The molecule has 1 aromatic heterocycles. The smallest absolute Gasteiger partial charge is 0.165 e. The van der Waals surface area contributed by atoms with Crippen LogP contribution in [0.25, 0.3) is 0 Å². The fourth-order valence-corrected chi connectivity index (χ4v) is 3.37. The van der Waals surface area contributed by atoms with Gasteiger partial charge in [-0.25, -0.2) is 4.68 Å². The molecule has 1 saturated heterocycles. The van der Waals surface area contributed by atoms with E-state index in [1.807, 2.05) is 35.0 Å². The Morgan fingerprint density at radius 2 is 1.96 bits per heavy atom. The quantitative estimate of drug-likeness (QED) is 0.845. The summed E-state index contributed by atoms with van der Waals surface area (Å²) in [5.74, 6) is 1.28. The molecule has 0 aliphatic carbocycles. The van der Waals surface area contributed by atoms with Crippen molar-refractivity contribution in [2.45, 2.75) is 51.8 Å². The third kappa shape index (κ3) is 4.19. The number of aromatic nitrogens is 4. The second-order valence-corrected chi connectivity index (χ2v) is 6.64. The topological polar surface area (TPSA) is 67.1 Å². The number of nitrogens with zero attached hydrogens (tertiary/aromatic N) is 5. The predicted molar refractivity (Wildman–Crippen MR) is 92.1 cm³/mol. The number of benzene rings is 1. The first kappa shape index (κ1) is 17.0. The zero-order valence-corrected chi connectivity index (χ0v) is 14.4. The van der Waals surface area contributed by atoms with Crippen LogP contribution in [0, 0.1) is 5.92 Å². The SMILES string of the molecule is CCCCn1nnnc1CN1CCC(C(O)c2ccccc2)CC1. The highest BCUT2D eigenvalue weighted by molar-refractivity contribution is 5.18. The van der Waals surface area contributed by atoms with Gasteiger partial charge in [0.2, 0.25) is 0 Å². The average molecular weight is 329 g/mol. The lowest BCUT2D eigenvalue weighted by Crippen LogP contribution is -2.36. The molecule has 2 heterocycles. The van der Waals surface area contributed by atoms with Crippen LogP contribution in [-0.4, -0.2) is 43.3 Å². The molecule has 6 nitrogen and oxygen atoms in total. The van der Waals surface area contributed by atoms with Gasteiger partial charge in [-0.15, -0.1) is 5.10 Å². The van der Waals surface area contributed by atoms with Crippen LogP contribution in [0.1, 0.15) is 50.1 Å².